The molecule has 2 N–H and O–H groups in total. The van der Waals surface area contributed by atoms with E-state index in [1.54, 1.807) is 13.0 Å². The van der Waals surface area contributed by atoms with E-state index < -0.39 is 16.0 Å². The molecule has 1 aromatic carbocycles. The van der Waals surface area contributed by atoms with E-state index in [0.29, 0.717) is 0 Å². The molecule has 0 aliphatic carbocycles. The number of sulfonamides is 1. The lowest BCUT2D eigenvalue weighted by Crippen LogP contribution is -2.15. The minimum atomic E-state index is -3.82. The molecule has 1 aromatic heterocycles. The van der Waals surface area contributed by atoms with Gasteiger partial charge in [-0.15, -0.1) is 0 Å². The first kappa shape index (κ1) is 15.5. The van der Waals surface area contributed by atoms with Crippen LogP contribution < -0.4 is 4.72 Å². The van der Waals surface area contributed by atoms with Crippen molar-refractivity contribution in [1.82, 2.24) is 4.98 Å². The number of carboxylic acids is 1. The van der Waals surface area contributed by atoms with Gasteiger partial charge in [0.25, 0.3) is 10.0 Å². The molecule has 6 nitrogen and oxygen atoms in total. The van der Waals surface area contributed by atoms with E-state index in [0.717, 1.165) is 10.0 Å². The van der Waals surface area contributed by atoms with Crippen molar-refractivity contribution >= 4 is 37.7 Å². The highest BCUT2D eigenvalue weighted by molar-refractivity contribution is 9.10. The van der Waals surface area contributed by atoms with E-state index in [2.05, 4.69) is 25.6 Å². The number of pyridine rings is 1. The third-order valence-electron chi connectivity index (χ3n) is 2.65. The Morgan fingerprint density at radius 1 is 1.29 bits per heavy atom. The molecule has 2 rings (SSSR count). The number of nitrogens with zero attached hydrogens (tertiary/aromatic N) is 1. The lowest BCUT2D eigenvalue weighted by Gasteiger charge is -2.09. The zero-order valence-electron chi connectivity index (χ0n) is 10.9. The number of carboxylic acid groups (broad SMARTS) is 1. The molecule has 0 unspecified atom stereocenters. The van der Waals surface area contributed by atoms with Crippen molar-refractivity contribution in [3.05, 3.63) is 52.1 Å². The fourth-order valence-electron chi connectivity index (χ4n) is 1.59. The van der Waals surface area contributed by atoms with Crippen LogP contribution in [0.3, 0.4) is 0 Å². The average Bonchev–Trinajstić information content (AvgIpc) is 2.41. The first-order valence-electron chi connectivity index (χ1n) is 5.79. The van der Waals surface area contributed by atoms with Crippen LogP contribution in [-0.2, 0) is 10.0 Å². The Morgan fingerprint density at radius 2 is 2.00 bits per heavy atom. The number of hydrogen-bond donors (Lipinski definition) is 2. The van der Waals surface area contributed by atoms with Crippen LogP contribution in [0.4, 0.5) is 5.82 Å². The van der Waals surface area contributed by atoms with Crippen LogP contribution in [0, 0.1) is 6.92 Å². The molecule has 0 bridgehead atoms. The molecule has 0 aliphatic heterocycles. The number of aromatic nitrogens is 1. The van der Waals surface area contributed by atoms with Crippen LogP contribution in [0.5, 0.6) is 0 Å². The predicted molar refractivity (Wildman–Crippen MR) is 80.9 cm³/mol. The van der Waals surface area contributed by atoms with E-state index in [1.165, 1.54) is 30.3 Å². The summed E-state index contributed by atoms with van der Waals surface area (Å²) in [6, 6.07) is 8.67. The molecule has 0 saturated carbocycles. The molecule has 1 heterocycles. The molecule has 8 heteroatoms. The topological polar surface area (TPSA) is 96.4 Å². The first-order chi connectivity index (χ1) is 9.79. The summed E-state index contributed by atoms with van der Waals surface area (Å²) in [5, 5.41) is 8.85. The van der Waals surface area contributed by atoms with Gasteiger partial charge in [-0.1, -0.05) is 22.0 Å². The summed E-state index contributed by atoms with van der Waals surface area (Å²) in [5.41, 5.74) is 0.535. The molecular formula is C13H11BrN2O4S. The second-order valence-electron chi connectivity index (χ2n) is 4.23. The van der Waals surface area contributed by atoms with Gasteiger partial charge in [-0.25, -0.2) is 18.2 Å². The summed E-state index contributed by atoms with van der Waals surface area (Å²) < 4.78 is 27.5. The third kappa shape index (κ3) is 3.59. The highest BCUT2D eigenvalue weighted by Gasteiger charge is 2.16. The number of aryl methyl sites for hydroxylation is 1. The maximum atomic E-state index is 12.2. The second kappa shape index (κ2) is 5.82. The third-order valence-corrected chi connectivity index (χ3v) is 4.89. The van der Waals surface area contributed by atoms with Gasteiger partial charge in [-0.3, -0.25) is 4.72 Å². The Labute approximate surface area is 130 Å². The van der Waals surface area contributed by atoms with E-state index in [4.69, 9.17) is 5.11 Å². The number of benzene rings is 1. The maximum Gasteiger partial charge on any atom is 0.354 e. The summed E-state index contributed by atoms with van der Waals surface area (Å²) in [6.07, 6.45) is 0. The monoisotopic (exact) mass is 370 g/mol. The fraction of sp³-hybridized carbons (Fsp3) is 0.0769. The molecule has 0 spiro atoms. The van der Waals surface area contributed by atoms with Gasteiger partial charge in [-0.2, -0.15) is 0 Å². The molecule has 0 amide bonds. The van der Waals surface area contributed by atoms with Crippen molar-refractivity contribution < 1.29 is 18.3 Å². The van der Waals surface area contributed by atoms with Crippen LogP contribution in [0.15, 0.2) is 45.8 Å². The number of aromatic carboxylic acids is 1. The molecule has 2 aromatic rings. The lowest BCUT2D eigenvalue weighted by atomic mass is 10.2. The Morgan fingerprint density at radius 3 is 2.62 bits per heavy atom. The number of anilines is 1. The summed E-state index contributed by atoms with van der Waals surface area (Å²) >= 11 is 3.30. The van der Waals surface area contributed by atoms with E-state index in [-0.39, 0.29) is 16.4 Å². The van der Waals surface area contributed by atoms with E-state index >= 15 is 0 Å². The highest BCUT2D eigenvalue weighted by Crippen LogP contribution is 2.21. The SMILES string of the molecule is Cc1cc(S(=O)(=O)Nc2cccc(C(=O)O)n2)ccc1Br. The van der Waals surface area contributed by atoms with Crippen molar-refractivity contribution in [3.8, 4) is 0 Å². The smallest absolute Gasteiger partial charge is 0.354 e. The first-order valence-corrected chi connectivity index (χ1v) is 8.06. The van der Waals surface area contributed by atoms with Crippen LogP contribution in [0.1, 0.15) is 16.1 Å². The molecule has 0 saturated heterocycles. The molecule has 21 heavy (non-hydrogen) atoms. The Balaban J connectivity index is 2.35. The zero-order chi connectivity index (χ0) is 15.6. The Hall–Kier alpha value is -1.93. The number of halogens is 1. The molecule has 0 aliphatic rings. The Kier molecular flexibility index (Phi) is 4.29. The van der Waals surface area contributed by atoms with Gasteiger partial charge in [0.05, 0.1) is 4.90 Å². The minimum Gasteiger partial charge on any atom is -0.477 e. The van der Waals surface area contributed by atoms with Gasteiger partial charge in [0.2, 0.25) is 0 Å². The molecule has 0 radical (unpaired) electrons. The predicted octanol–water partition coefficient (Wildman–Crippen LogP) is 2.65. The van der Waals surface area contributed by atoms with E-state index in [9.17, 15) is 13.2 Å². The molecule has 110 valence electrons. The van der Waals surface area contributed by atoms with Gasteiger partial charge in [0, 0.05) is 4.47 Å². The van der Waals surface area contributed by atoms with Crippen LogP contribution >= 0.6 is 15.9 Å². The van der Waals surface area contributed by atoms with Gasteiger partial charge in [0.1, 0.15) is 5.82 Å². The van der Waals surface area contributed by atoms with Crippen LogP contribution in [0.2, 0.25) is 0 Å². The standard InChI is InChI=1S/C13H11BrN2O4S/c1-8-7-9(5-6-10(8)14)21(19,20)16-12-4-2-3-11(15-12)13(17)18/h2-7H,1H3,(H,15,16)(H,17,18). The van der Waals surface area contributed by atoms with Crippen molar-refractivity contribution in [2.24, 2.45) is 0 Å². The summed E-state index contributed by atoms with van der Waals surface area (Å²) in [5.74, 6) is -1.27. The molecule has 0 fully saturated rings. The van der Waals surface area contributed by atoms with Gasteiger partial charge in [-0.05, 0) is 42.8 Å². The number of hydrogen-bond acceptors (Lipinski definition) is 4. The minimum absolute atomic E-state index is 0.0459. The van der Waals surface area contributed by atoms with Crippen LogP contribution in [-0.4, -0.2) is 24.5 Å². The number of nitrogens with one attached hydrogen (secondary N) is 1. The van der Waals surface area contributed by atoms with E-state index in [1.807, 2.05) is 0 Å². The van der Waals surface area contributed by atoms with Crippen molar-refractivity contribution in [3.63, 3.8) is 0 Å². The fourth-order valence-corrected chi connectivity index (χ4v) is 2.92. The maximum absolute atomic E-state index is 12.2. The zero-order valence-corrected chi connectivity index (χ0v) is 13.3. The number of carbonyl (C=O) groups is 1. The van der Waals surface area contributed by atoms with Crippen molar-refractivity contribution in [2.45, 2.75) is 11.8 Å². The average molecular weight is 371 g/mol. The van der Waals surface area contributed by atoms with Gasteiger partial charge >= 0.3 is 5.97 Å². The quantitative estimate of drug-likeness (QED) is 0.862. The second-order valence-corrected chi connectivity index (χ2v) is 6.77. The largest absolute Gasteiger partial charge is 0.477 e. The summed E-state index contributed by atoms with van der Waals surface area (Å²) in [4.78, 5) is 14.6. The lowest BCUT2D eigenvalue weighted by molar-refractivity contribution is 0.0690. The van der Waals surface area contributed by atoms with Crippen LogP contribution in [0.25, 0.3) is 0 Å². The highest BCUT2D eigenvalue weighted by atomic mass is 79.9. The van der Waals surface area contributed by atoms with Gasteiger partial charge < -0.3 is 5.11 Å². The summed E-state index contributed by atoms with van der Waals surface area (Å²) in [6.45, 7) is 1.77. The normalized spacial score (nSPS) is 11.1. The van der Waals surface area contributed by atoms with Crippen molar-refractivity contribution in [2.75, 3.05) is 4.72 Å². The molecule has 0 atom stereocenters. The summed E-state index contributed by atoms with van der Waals surface area (Å²) in [7, 11) is -3.82. The van der Waals surface area contributed by atoms with Crippen molar-refractivity contribution in [1.29, 1.82) is 0 Å². The molecular weight excluding hydrogens is 360 g/mol. The Bertz CT molecular complexity index is 806. The van der Waals surface area contributed by atoms with Gasteiger partial charge in [0.15, 0.2) is 5.69 Å². The number of rotatable bonds is 4.